The van der Waals surface area contributed by atoms with Crippen LogP contribution in [0, 0.1) is 11.8 Å². The van der Waals surface area contributed by atoms with Crippen LogP contribution in [0.1, 0.15) is 19.4 Å². The Morgan fingerprint density at radius 1 is 1.28 bits per heavy atom. The van der Waals surface area contributed by atoms with E-state index >= 15 is 0 Å². The standard InChI is InChI=1S/C15H22O3/c1-11(2)14(8-16)15(9-18-10-15)12-4-6-13(17-3)7-5-12/h4-7,11,14,16H,8-10H2,1-3H3. The molecule has 1 N–H and O–H groups in total. The number of rotatable bonds is 5. The van der Waals surface area contributed by atoms with Crippen molar-refractivity contribution in [3.63, 3.8) is 0 Å². The van der Waals surface area contributed by atoms with Gasteiger partial charge < -0.3 is 14.6 Å². The third kappa shape index (κ3) is 2.13. The minimum Gasteiger partial charge on any atom is -0.497 e. The molecule has 2 rings (SSSR count). The molecule has 3 heteroatoms. The second-order valence-corrected chi connectivity index (χ2v) is 5.41. The lowest BCUT2D eigenvalue weighted by molar-refractivity contribution is -0.111. The second-order valence-electron chi connectivity index (χ2n) is 5.41. The second kappa shape index (κ2) is 5.29. The van der Waals surface area contributed by atoms with E-state index in [1.54, 1.807) is 7.11 Å². The SMILES string of the molecule is COc1ccc(C2(C(CO)C(C)C)COC2)cc1. The minimum atomic E-state index is -0.0326. The molecule has 18 heavy (non-hydrogen) atoms. The highest BCUT2D eigenvalue weighted by Crippen LogP contribution is 2.43. The van der Waals surface area contributed by atoms with Gasteiger partial charge in [-0.15, -0.1) is 0 Å². The van der Waals surface area contributed by atoms with Gasteiger partial charge in [0.1, 0.15) is 5.75 Å². The van der Waals surface area contributed by atoms with Gasteiger partial charge in [0.05, 0.1) is 20.3 Å². The first-order valence-electron chi connectivity index (χ1n) is 6.47. The van der Waals surface area contributed by atoms with Crippen LogP contribution < -0.4 is 4.74 Å². The average Bonchev–Trinajstić information content (AvgIpc) is 2.33. The van der Waals surface area contributed by atoms with Crippen molar-refractivity contribution in [2.75, 3.05) is 26.9 Å². The molecule has 1 fully saturated rings. The maximum absolute atomic E-state index is 9.68. The molecule has 1 atom stereocenters. The van der Waals surface area contributed by atoms with Crippen molar-refractivity contribution in [2.24, 2.45) is 11.8 Å². The van der Waals surface area contributed by atoms with E-state index in [1.807, 2.05) is 12.1 Å². The molecule has 1 aliphatic heterocycles. The Labute approximate surface area is 109 Å². The monoisotopic (exact) mass is 250 g/mol. The van der Waals surface area contributed by atoms with Crippen LogP contribution >= 0.6 is 0 Å². The average molecular weight is 250 g/mol. The zero-order valence-corrected chi connectivity index (χ0v) is 11.3. The molecular formula is C15H22O3. The number of ether oxygens (including phenoxy) is 2. The van der Waals surface area contributed by atoms with E-state index < -0.39 is 0 Å². The van der Waals surface area contributed by atoms with E-state index in [9.17, 15) is 5.11 Å². The molecule has 0 aromatic heterocycles. The minimum absolute atomic E-state index is 0.0326. The highest BCUT2D eigenvalue weighted by molar-refractivity contribution is 5.35. The Hall–Kier alpha value is -1.06. The lowest BCUT2D eigenvalue weighted by Gasteiger charge is -2.48. The summed E-state index contributed by atoms with van der Waals surface area (Å²) in [5.74, 6) is 1.53. The van der Waals surface area contributed by atoms with Crippen LogP contribution in [-0.4, -0.2) is 32.0 Å². The molecule has 1 aromatic rings. The lowest BCUT2D eigenvalue weighted by atomic mass is 9.65. The Bertz CT molecular complexity index is 379. The molecule has 1 unspecified atom stereocenters. The van der Waals surface area contributed by atoms with E-state index in [0.29, 0.717) is 19.1 Å². The van der Waals surface area contributed by atoms with Crippen molar-refractivity contribution in [2.45, 2.75) is 19.3 Å². The maximum Gasteiger partial charge on any atom is 0.118 e. The van der Waals surface area contributed by atoms with E-state index in [1.165, 1.54) is 5.56 Å². The molecule has 1 saturated heterocycles. The van der Waals surface area contributed by atoms with Crippen molar-refractivity contribution in [3.05, 3.63) is 29.8 Å². The summed E-state index contributed by atoms with van der Waals surface area (Å²) in [5, 5.41) is 9.68. The van der Waals surface area contributed by atoms with Gasteiger partial charge in [0.15, 0.2) is 0 Å². The Kier molecular flexibility index (Phi) is 3.93. The summed E-state index contributed by atoms with van der Waals surface area (Å²) < 4.78 is 10.6. The fourth-order valence-corrected chi connectivity index (χ4v) is 2.86. The lowest BCUT2D eigenvalue weighted by Crippen LogP contribution is -2.55. The molecule has 0 amide bonds. The summed E-state index contributed by atoms with van der Waals surface area (Å²) >= 11 is 0. The maximum atomic E-state index is 9.68. The Morgan fingerprint density at radius 3 is 2.22 bits per heavy atom. The third-order valence-corrected chi connectivity index (χ3v) is 4.10. The first-order chi connectivity index (χ1) is 8.64. The molecule has 1 aliphatic rings. The van der Waals surface area contributed by atoms with Crippen molar-refractivity contribution >= 4 is 0 Å². The van der Waals surface area contributed by atoms with Gasteiger partial charge in [0.25, 0.3) is 0 Å². The normalized spacial score (nSPS) is 19.4. The van der Waals surface area contributed by atoms with Crippen LogP contribution in [0.3, 0.4) is 0 Å². The molecule has 0 aliphatic carbocycles. The van der Waals surface area contributed by atoms with Crippen LogP contribution in [0.2, 0.25) is 0 Å². The fourth-order valence-electron chi connectivity index (χ4n) is 2.86. The predicted molar refractivity (Wildman–Crippen MR) is 70.9 cm³/mol. The topological polar surface area (TPSA) is 38.7 Å². The zero-order valence-electron chi connectivity index (χ0n) is 11.3. The van der Waals surface area contributed by atoms with Crippen LogP contribution in [0.4, 0.5) is 0 Å². The number of hydrogen-bond donors (Lipinski definition) is 1. The van der Waals surface area contributed by atoms with Gasteiger partial charge in [-0.1, -0.05) is 26.0 Å². The number of benzene rings is 1. The first kappa shape index (κ1) is 13.4. The Morgan fingerprint density at radius 2 is 1.89 bits per heavy atom. The molecule has 0 radical (unpaired) electrons. The summed E-state index contributed by atoms with van der Waals surface area (Å²) in [6.45, 7) is 5.91. The highest BCUT2D eigenvalue weighted by Gasteiger charge is 2.47. The molecule has 0 spiro atoms. The molecule has 0 bridgehead atoms. The zero-order chi connectivity index (χ0) is 13.2. The summed E-state index contributed by atoms with van der Waals surface area (Å²) in [6.07, 6.45) is 0. The number of hydrogen-bond acceptors (Lipinski definition) is 3. The van der Waals surface area contributed by atoms with Crippen molar-refractivity contribution < 1.29 is 14.6 Å². The van der Waals surface area contributed by atoms with Gasteiger partial charge >= 0.3 is 0 Å². The van der Waals surface area contributed by atoms with Gasteiger partial charge in [-0.3, -0.25) is 0 Å². The number of aliphatic hydroxyl groups excluding tert-OH is 1. The Balaban J connectivity index is 2.30. The van der Waals surface area contributed by atoms with Crippen molar-refractivity contribution in [1.82, 2.24) is 0 Å². The molecule has 100 valence electrons. The quantitative estimate of drug-likeness (QED) is 0.871. The van der Waals surface area contributed by atoms with Gasteiger partial charge in [0, 0.05) is 12.0 Å². The molecule has 1 heterocycles. The van der Waals surface area contributed by atoms with Gasteiger partial charge in [-0.2, -0.15) is 0 Å². The summed E-state index contributed by atoms with van der Waals surface area (Å²) in [7, 11) is 1.67. The smallest absolute Gasteiger partial charge is 0.118 e. The van der Waals surface area contributed by atoms with E-state index in [2.05, 4.69) is 26.0 Å². The largest absolute Gasteiger partial charge is 0.497 e. The highest BCUT2D eigenvalue weighted by atomic mass is 16.5. The number of methoxy groups -OCH3 is 1. The first-order valence-corrected chi connectivity index (χ1v) is 6.47. The van der Waals surface area contributed by atoms with Crippen molar-refractivity contribution in [1.29, 1.82) is 0 Å². The van der Waals surface area contributed by atoms with E-state index in [0.717, 1.165) is 5.75 Å². The molecule has 0 saturated carbocycles. The van der Waals surface area contributed by atoms with Gasteiger partial charge in [-0.25, -0.2) is 0 Å². The van der Waals surface area contributed by atoms with Gasteiger partial charge in [-0.05, 0) is 29.5 Å². The molecular weight excluding hydrogens is 228 g/mol. The summed E-state index contributed by atoms with van der Waals surface area (Å²) in [5.41, 5.74) is 1.21. The summed E-state index contributed by atoms with van der Waals surface area (Å²) in [4.78, 5) is 0. The van der Waals surface area contributed by atoms with Crippen molar-refractivity contribution in [3.8, 4) is 5.75 Å². The van der Waals surface area contributed by atoms with Crippen LogP contribution in [0.25, 0.3) is 0 Å². The van der Waals surface area contributed by atoms with Crippen LogP contribution in [0.5, 0.6) is 5.75 Å². The van der Waals surface area contributed by atoms with Gasteiger partial charge in [0.2, 0.25) is 0 Å². The molecule has 3 nitrogen and oxygen atoms in total. The van der Waals surface area contributed by atoms with Crippen LogP contribution in [-0.2, 0) is 10.2 Å². The third-order valence-electron chi connectivity index (χ3n) is 4.10. The van der Waals surface area contributed by atoms with E-state index in [4.69, 9.17) is 9.47 Å². The number of aliphatic hydroxyl groups is 1. The molecule has 1 aromatic carbocycles. The fraction of sp³-hybridized carbons (Fsp3) is 0.600. The van der Waals surface area contributed by atoms with E-state index in [-0.39, 0.29) is 17.9 Å². The van der Waals surface area contributed by atoms with Crippen LogP contribution in [0.15, 0.2) is 24.3 Å². The predicted octanol–water partition coefficient (Wildman–Crippen LogP) is 2.23. The summed E-state index contributed by atoms with van der Waals surface area (Å²) in [6, 6.07) is 8.13.